The van der Waals surface area contributed by atoms with E-state index >= 15 is 0 Å². The van der Waals surface area contributed by atoms with Crippen LogP contribution in [-0.2, 0) is 14.3 Å². The number of ether oxygens (including phenoxy) is 1. The molecule has 0 radical (unpaired) electrons. The van der Waals surface area contributed by atoms with Gasteiger partial charge in [-0.05, 0) is 13.3 Å². The number of amides is 1. The van der Waals surface area contributed by atoms with E-state index in [0.717, 1.165) is 6.42 Å². The number of carbonyl (C=O) groups is 2. The van der Waals surface area contributed by atoms with Gasteiger partial charge in [-0.15, -0.1) is 0 Å². The van der Waals surface area contributed by atoms with Crippen LogP contribution in [0.15, 0.2) is 0 Å². The zero-order valence-electron chi connectivity index (χ0n) is 10.2. The van der Waals surface area contributed by atoms with Gasteiger partial charge in [0.05, 0.1) is 5.92 Å². The van der Waals surface area contributed by atoms with Gasteiger partial charge in [0, 0.05) is 33.2 Å². The minimum absolute atomic E-state index is 0.0930. The third-order valence-corrected chi connectivity index (χ3v) is 2.28. The first-order valence-electron chi connectivity index (χ1n) is 5.55. The largest absolute Gasteiger partial charge is 0.481 e. The topological polar surface area (TPSA) is 66.8 Å². The highest BCUT2D eigenvalue weighted by atomic mass is 16.5. The number of aliphatic carboxylic acids is 1. The number of hydrogen-bond acceptors (Lipinski definition) is 3. The molecule has 0 aliphatic rings. The Balaban J connectivity index is 3.98. The van der Waals surface area contributed by atoms with Gasteiger partial charge >= 0.3 is 5.97 Å². The fraction of sp³-hybridized carbons (Fsp3) is 0.818. The van der Waals surface area contributed by atoms with E-state index in [4.69, 9.17) is 9.84 Å². The highest BCUT2D eigenvalue weighted by molar-refractivity contribution is 5.75. The molecule has 0 fully saturated rings. The molecule has 0 aliphatic heterocycles. The van der Waals surface area contributed by atoms with E-state index < -0.39 is 11.9 Å². The number of carboxylic acids is 1. The van der Waals surface area contributed by atoms with Crippen LogP contribution in [0.2, 0.25) is 0 Å². The molecule has 0 saturated heterocycles. The van der Waals surface area contributed by atoms with Crippen molar-refractivity contribution in [3.8, 4) is 0 Å². The molecular formula is C11H21NO4. The molecule has 1 amide bonds. The summed E-state index contributed by atoms with van der Waals surface area (Å²) in [4.78, 5) is 23.5. The molecule has 16 heavy (non-hydrogen) atoms. The van der Waals surface area contributed by atoms with Crippen LogP contribution in [0.4, 0.5) is 0 Å². The standard InChI is InChI=1S/C11H21NO4/c1-4-16-7-5-6-12(10(3)13)8-9(2)11(14)15/h9H,4-8H2,1-3H3,(H,14,15). The fourth-order valence-corrected chi connectivity index (χ4v) is 1.29. The maximum Gasteiger partial charge on any atom is 0.308 e. The molecule has 0 aromatic carbocycles. The monoisotopic (exact) mass is 231 g/mol. The molecule has 0 saturated carbocycles. The molecule has 5 nitrogen and oxygen atoms in total. The number of carboxylic acid groups (broad SMARTS) is 1. The third kappa shape index (κ3) is 6.40. The zero-order chi connectivity index (χ0) is 12.6. The fourth-order valence-electron chi connectivity index (χ4n) is 1.29. The molecule has 1 unspecified atom stereocenters. The summed E-state index contributed by atoms with van der Waals surface area (Å²) in [5.74, 6) is -1.50. The highest BCUT2D eigenvalue weighted by Crippen LogP contribution is 2.02. The molecule has 5 heteroatoms. The van der Waals surface area contributed by atoms with Crippen molar-refractivity contribution in [3.05, 3.63) is 0 Å². The second kappa shape index (κ2) is 8.10. The van der Waals surface area contributed by atoms with E-state index in [1.807, 2.05) is 6.92 Å². The molecule has 94 valence electrons. The normalized spacial score (nSPS) is 12.2. The maximum atomic E-state index is 11.3. The van der Waals surface area contributed by atoms with Crippen LogP contribution < -0.4 is 0 Å². The highest BCUT2D eigenvalue weighted by Gasteiger charge is 2.17. The average Bonchev–Trinajstić information content (AvgIpc) is 2.21. The van der Waals surface area contributed by atoms with Gasteiger partial charge in [0.25, 0.3) is 0 Å². The Morgan fingerprint density at radius 1 is 1.44 bits per heavy atom. The third-order valence-electron chi connectivity index (χ3n) is 2.28. The molecular weight excluding hydrogens is 210 g/mol. The number of nitrogens with zero attached hydrogens (tertiary/aromatic N) is 1. The van der Waals surface area contributed by atoms with E-state index in [1.54, 1.807) is 11.8 Å². The van der Waals surface area contributed by atoms with E-state index in [0.29, 0.717) is 19.8 Å². The van der Waals surface area contributed by atoms with Crippen LogP contribution in [0.3, 0.4) is 0 Å². The Morgan fingerprint density at radius 2 is 2.06 bits per heavy atom. The Kier molecular flexibility index (Phi) is 7.54. The van der Waals surface area contributed by atoms with Crippen LogP contribution in [-0.4, -0.2) is 48.2 Å². The van der Waals surface area contributed by atoms with Gasteiger partial charge in [-0.3, -0.25) is 9.59 Å². The maximum absolute atomic E-state index is 11.3. The summed E-state index contributed by atoms with van der Waals surface area (Å²) in [6.07, 6.45) is 0.736. The minimum atomic E-state index is -0.879. The van der Waals surface area contributed by atoms with Crippen molar-refractivity contribution in [1.82, 2.24) is 4.90 Å². The molecule has 0 rings (SSSR count). The van der Waals surface area contributed by atoms with Gasteiger partial charge in [0.2, 0.25) is 5.91 Å². The van der Waals surface area contributed by atoms with Crippen molar-refractivity contribution in [3.63, 3.8) is 0 Å². The summed E-state index contributed by atoms with van der Waals surface area (Å²) in [6.45, 7) is 7.03. The smallest absolute Gasteiger partial charge is 0.308 e. The lowest BCUT2D eigenvalue weighted by molar-refractivity contribution is -0.142. The second-order valence-electron chi connectivity index (χ2n) is 3.75. The van der Waals surface area contributed by atoms with E-state index in [1.165, 1.54) is 6.92 Å². The van der Waals surface area contributed by atoms with Gasteiger partial charge in [0.1, 0.15) is 0 Å². The first-order chi connectivity index (χ1) is 7.49. The summed E-state index contributed by atoms with van der Waals surface area (Å²) in [5.41, 5.74) is 0. The number of hydrogen-bond donors (Lipinski definition) is 1. The molecule has 0 spiro atoms. The molecule has 0 heterocycles. The number of carbonyl (C=O) groups excluding carboxylic acids is 1. The summed E-state index contributed by atoms with van der Waals surface area (Å²) in [5, 5.41) is 8.76. The van der Waals surface area contributed by atoms with Gasteiger partial charge in [0.15, 0.2) is 0 Å². The molecule has 0 aliphatic carbocycles. The van der Waals surface area contributed by atoms with Crippen molar-refractivity contribution in [2.45, 2.75) is 27.2 Å². The first-order valence-corrected chi connectivity index (χ1v) is 5.55. The number of rotatable bonds is 8. The average molecular weight is 231 g/mol. The van der Waals surface area contributed by atoms with Crippen LogP contribution in [0, 0.1) is 5.92 Å². The summed E-state index contributed by atoms with van der Waals surface area (Å²) >= 11 is 0. The van der Waals surface area contributed by atoms with Gasteiger partial charge in [-0.25, -0.2) is 0 Å². The zero-order valence-corrected chi connectivity index (χ0v) is 10.2. The van der Waals surface area contributed by atoms with E-state index in [-0.39, 0.29) is 12.5 Å². The first kappa shape index (κ1) is 14.9. The second-order valence-corrected chi connectivity index (χ2v) is 3.75. The lowest BCUT2D eigenvalue weighted by Gasteiger charge is -2.22. The molecule has 1 atom stereocenters. The SMILES string of the molecule is CCOCCCN(CC(C)C(=O)O)C(C)=O. The lowest BCUT2D eigenvalue weighted by Crippen LogP contribution is -2.36. The van der Waals surface area contributed by atoms with Gasteiger partial charge < -0.3 is 14.7 Å². The van der Waals surface area contributed by atoms with Gasteiger partial charge in [-0.2, -0.15) is 0 Å². The van der Waals surface area contributed by atoms with Crippen molar-refractivity contribution >= 4 is 11.9 Å². The van der Waals surface area contributed by atoms with Crippen LogP contribution in [0.1, 0.15) is 27.2 Å². The van der Waals surface area contributed by atoms with E-state index in [2.05, 4.69) is 0 Å². The Morgan fingerprint density at radius 3 is 2.50 bits per heavy atom. The van der Waals surface area contributed by atoms with Crippen molar-refractivity contribution < 1.29 is 19.4 Å². The predicted molar refractivity (Wildman–Crippen MR) is 60.2 cm³/mol. The summed E-state index contributed by atoms with van der Waals surface area (Å²) in [6, 6.07) is 0. The quantitative estimate of drug-likeness (QED) is 0.632. The Labute approximate surface area is 96.4 Å². The molecule has 1 N–H and O–H groups in total. The molecule has 0 aromatic rings. The molecule has 0 aromatic heterocycles. The van der Waals surface area contributed by atoms with E-state index in [9.17, 15) is 9.59 Å². The summed E-state index contributed by atoms with van der Waals surface area (Å²) < 4.78 is 5.16. The van der Waals surface area contributed by atoms with Crippen LogP contribution >= 0.6 is 0 Å². The van der Waals surface area contributed by atoms with Gasteiger partial charge in [-0.1, -0.05) is 6.92 Å². The Bertz CT molecular complexity index is 230. The molecule has 0 bridgehead atoms. The Hall–Kier alpha value is -1.10. The van der Waals surface area contributed by atoms with Crippen LogP contribution in [0.5, 0.6) is 0 Å². The van der Waals surface area contributed by atoms with Crippen molar-refractivity contribution in [2.75, 3.05) is 26.3 Å². The summed E-state index contributed by atoms with van der Waals surface area (Å²) in [7, 11) is 0. The van der Waals surface area contributed by atoms with Crippen molar-refractivity contribution in [2.24, 2.45) is 5.92 Å². The predicted octanol–water partition coefficient (Wildman–Crippen LogP) is 0.982. The lowest BCUT2D eigenvalue weighted by atomic mass is 10.1. The minimum Gasteiger partial charge on any atom is -0.481 e. The van der Waals surface area contributed by atoms with Crippen LogP contribution in [0.25, 0.3) is 0 Å². The van der Waals surface area contributed by atoms with Crippen molar-refractivity contribution in [1.29, 1.82) is 0 Å².